The SMILES string of the molecule is CNc1cnc(C(=O)Nc2ccc(F)cc2F)cn1. The van der Waals surface area contributed by atoms with Gasteiger partial charge in [0.15, 0.2) is 0 Å². The number of carbonyl (C=O) groups excluding carboxylic acids is 1. The van der Waals surface area contributed by atoms with Crippen LogP contribution in [0.15, 0.2) is 30.6 Å². The first-order valence-electron chi connectivity index (χ1n) is 5.36. The maximum Gasteiger partial charge on any atom is 0.275 e. The normalized spacial score (nSPS) is 10.1. The number of aromatic nitrogens is 2. The fourth-order valence-electron chi connectivity index (χ4n) is 1.35. The molecule has 0 bridgehead atoms. The molecule has 0 saturated carbocycles. The molecule has 0 aliphatic rings. The van der Waals surface area contributed by atoms with E-state index >= 15 is 0 Å². The van der Waals surface area contributed by atoms with E-state index in [1.807, 2.05) is 0 Å². The van der Waals surface area contributed by atoms with E-state index in [1.165, 1.54) is 12.4 Å². The number of benzene rings is 1. The van der Waals surface area contributed by atoms with Gasteiger partial charge in [-0.05, 0) is 12.1 Å². The lowest BCUT2D eigenvalue weighted by molar-refractivity contribution is 0.102. The maximum atomic E-state index is 13.3. The molecule has 0 saturated heterocycles. The number of nitrogens with zero attached hydrogens (tertiary/aromatic N) is 2. The standard InChI is InChI=1S/C12H10F2N4O/c1-15-11-6-16-10(5-17-11)12(19)18-9-3-2-7(13)4-8(9)14/h2-6H,1H3,(H,15,17)(H,18,19). The second kappa shape index (κ2) is 5.38. The summed E-state index contributed by atoms with van der Waals surface area (Å²) in [4.78, 5) is 19.5. The Morgan fingerprint density at radius 2 is 2.00 bits per heavy atom. The van der Waals surface area contributed by atoms with Gasteiger partial charge >= 0.3 is 0 Å². The molecule has 2 aromatic rings. The summed E-state index contributed by atoms with van der Waals surface area (Å²) in [7, 11) is 1.66. The average molecular weight is 264 g/mol. The van der Waals surface area contributed by atoms with Crippen molar-refractivity contribution in [3.63, 3.8) is 0 Å². The zero-order chi connectivity index (χ0) is 13.8. The third-order valence-corrected chi connectivity index (χ3v) is 2.32. The van der Waals surface area contributed by atoms with Crippen molar-refractivity contribution in [2.45, 2.75) is 0 Å². The van der Waals surface area contributed by atoms with Gasteiger partial charge < -0.3 is 10.6 Å². The molecule has 0 radical (unpaired) electrons. The third kappa shape index (κ3) is 3.01. The van der Waals surface area contributed by atoms with Gasteiger partial charge in [-0.3, -0.25) is 4.79 Å². The number of amides is 1. The molecule has 19 heavy (non-hydrogen) atoms. The van der Waals surface area contributed by atoms with Crippen LogP contribution >= 0.6 is 0 Å². The molecule has 0 fully saturated rings. The minimum atomic E-state index is -0.854. The monoisotopic (exact) mass is 264 g/mol. The van der Waals surface area contributed by atoms with Crippen LogP contribution in [-0.2, 0) is 0 Å². The molecule has 5 nitrogen and oxygen atoms in total. The van der Waals surface area contributed by atoms with Gasteiger partial charge in [-0.25, -0.2) is 18.7 Å². The second-order valence-electron chi connectivity index (χ2n) is 3.62. The molecule has 0 unspecified atom stereocenters. The van der Waals surface area contributed by atoms with E-state index in [2.05, 4.69) is 20.6 Å². The first kappa shape index (κ1) is 12.9. The number of nitrogens with one attached hydrogen (secondary N) is 2. The smallest absolute Gasteiger partial charge is 0.275 e. The molecule has 0 atom stereocenters. The minimum Gasteiger partial charge on any atom is -0.372 e. The van der Waals surface area contributed by atoms with Crippen molar-refractivity contribution in [2.75, 3.05) is 17.7 Å². The number of halogens is 2. The van der Waals surface area contributed by atoms with Crippen LogP contribution in [0.2, 0.25) is 0 Å². The van der Waals surface area contributed by atoms with Gasteiger partial charge in [-0.15, -0.1) is 0 Å². The van der Waals surface area contributed by atoms with Gasteiger partial charge in [0, 0.05) is 13.1 Å². The number of carbonyl (C=O) groups is 1. The maximum absolute atomic E-state index is 13.3. The van der Waals surface area contributed by atoms with Crippen molar-refractivity contribution in [3.8, 4) is 0 Å². The fraction of sp³-hybridized carbons (Fsp3) is 0.0833. The van der Waals surface area contributed by atoms with E-state index in [-0.39, 0.29) is 11.4 Å². The van der Waals surface area contributed by atoms with Crippen LogP contribution < -0.4 is 10.6 Å². The topological polar surface area (TPSA) is 66.9 Å². The summed E-state index contributed by atoms with van der Waals surface area (Å²) in [5.74, 6) is -1.69. The van der Waals surface area contributed by atoms with Crippen molar-refractivity contribution in [1.82, 2.24) is 9.97 Å². The van der Waals surface area contributed by atoms with Crippen molar-refractivity contribution in [1.29, 1.82) is 0 Å². The lowest BCUT2D eigenvalue weighted by Crippen LogP contribution is -2.15. The van der Waals surface area contributed by atoms with E-state index in [9.17, 15) is 13.6 Å². The molecule has 2 N–H and O–H groups in total. The number of hydrogen-bond donors (Lipinski definition) is 2. The Kier molecular flexibility index (Phi) is 3.65. The number of rotatable bonds is 3. The van der Waals surface area contributed by atoms with Gasteiger partial charge in [-0.2, -0.15) is 0 Å². The molecule has 1 aromatic carbocycles. The van der Waals surface area contributed by atoms with E-state index in [1.54, 1.807) is 7.05 Å². The Morgan fingerprint density at radius 3 is 2.58 bits per heavy atom. The van der Waals surface area contributed by atoms with Gasteiger partial charge in [0.25, 0.3) is 5.91 Å². The van der Waals surface area contributed by atoms with Gasteiger partial charge in [0.2, 0.25) is 0 Å². The summed E-state index contributed by atoms with van der Waals surface area (Å²) < 4.78 is 26.1. The Balaban J connectivity index is 2.15. The van der Waals surface area contributed by atoms with Gasteiger partial charge in [0.05, 0.1) is 18.1 Å². The third-order valence-electron chi connectivity index (χ3n) is 2.32. The Hall–Kier alpha value is -2.57. The molecule has 1 aromatic heterocycles. The predicted octanol–water partition coefficient (Wildman–Crippen LogP) is 2.05. The molecule has 1 amide bonds. The summed E-state index contributed by atoms with van der Waals surface area (Å²) in [5.41, 5.74) is -0.0892. The molecule has 0 aliphatic heterocycles. The van der Waals surface area contributed by atoms with E-state index in [0.717, 1.165) is 12.1 Å². The van der Waals surface area contributed by atoms with Gasteiger partial charge in [-0.1, -0.05) is 0 Å². The van der Waals surface area contributed by atoms with Crippen LogP contribution in [0.4, 0.5) is 20.3 Å². The quantitative estimate of drug-likeness (QED) is 0.890. The molecular weight excluding hydrogens is 254 g/mol. The molecule has 2 rings (SSSR count). The summed E-state index contributed by atoms with van der Waals surface area (Å²) in [6.07, 6.45) is 2.62. The number of hydrogen-bond acceptors (Lipinski definition) is 4. The van der Waals surface area contributed by atoms with Crippen LogP contribution in [0.1, 0.15) is 10.5 Å². The van der Waals surface area contributed by atoms with Crippen molar-refractivity contribution in [2.24, 2.45) is 0 Å². The highest BCUT2D eigenvalue weighted by atomic mass is 19.1. The number of anilines is 2. The minimum absolute atomic E-state index is 0.0303. The molecule has 7 heteroatoms. The summed E-state index contributed by atoms with van der Waals surface area (Å²) in [6, 6.07) is 2.87. The van der Waals surface area contributed by atoms with Crippen LogP contribution in [0.3, 0.4) is 0 Å². The van der Waals surface area contributed by atoms with Crippen LogP contribution in [0.25, 0.3) is 0 Å². The highest BCUT2D eigenvalue weighted by molar-refractivity contribution is 6.02. The largest absolute Gasteiger partial charge is 0.372 e. The lowest BCUT2D eigenvalue weighted by atomic mass is 10.3. The Bertz CT molecular complexity index is 601. The molecule has 1 heterocycles. The molecule has 0 aliphatic carbocycles. The van der Waals surface area contributed by atoms with Gasteiger partial charge in [0.1, 0.15) is 23.1 Å². The van der Waals surface area contributed by atoms with Crippen molar-refractivity contribution >= 4 is 17.4 Å². The van der Waals surface area contributed by atoms with E-state index in [4.69, 9.17) is 0 Å². The summed E-state index contributed by atoms with van der Waals surface area (Å²) >= 11 is 0. The summed E-state index contributed by atoms with van der Waals surface area (Å²) in [5, 5.41) is 5.04. The first-order chi connectivity index (χ1) is 9.10. The van der Waals surface area contributed by atoms with E-state index in [0.29, 0.717) is 11.9 Å². The molecule has 0 spiro atoms. The Labute approximate surface area is 107 Å². The average Bonchev–Trinajstić information content (AvgIpc) is 2.42. The molecule has 98 valence electrons. The zero-order valence-corrected chi connectivity index (χ0v) is 9.95. The predicted molar refractivity (Wildman–Crippen MR) is 65.9 cm³/mol. The summed E-state index contributed by atoms with van der Waals surface area (Å²) in [6.45, 7) is 0. The van der Waals surface area contributed by atoms with E-state index < -0.39 is 17.5 Å². The van der Waals surface area contributed by atoms with Crippen LogP contribution in [0.5, 0.6) is 0 Å². The highest BCUT2D eigenvalue weighted by Crippen LogP contribution is 2.15. The first-order valence-corrected chi connectivity index (χ1v) is 5.36. The van der Waals surface area contributed by atoms with Crippen molar-refractivity contribution in [3.05, 3.63) is 47.9 Å². The van der Waals surface area contributed by atoms with Crippen LogP contribution in [-0.4, -0.2) is 22.9 Å². The second-order valence-corrected chi connectivity index (χ2v) is 3.62. The molecular formula is C12H10F2N4O. The lowest BCUT2D eigenvalue weighted by Gasteiger charge is -2.06. The van der Waals surface area contributed by atoms with Crippen molar-refractivity contribution < 1.29 is 13.6 Å². The Morgan fingerprint density at radius 1 is 1.21 bits per heavy atom. The van der Waals surface area contributed by atoms with Crippen LogP contribution in [0, 0.1) is 11.6 Å². The highest BCUT2D eigenvalue weighted by Gasteiger charge is 2.11. The fourth-order valence-corrected chi connectivity index (χ4v) is 1.35. The zero-order valence-electron chi connectivity index (χ0n) is 9.95.